The summed E-state index contributed by atoms with van der Waals surface area (Å²) in [7, 11) is 0. The van der Waals surface area contributed by atoms with E-state index in [0.29, 0.717) is 0 Å². The lowest BCUT2D eigenvalue weighted by Crippen LogP contribution is -2.16. The molecule has 0 unspecified atom stereocenters. The Labute approximate surface area is 250 Å². The van der Waals surface area contributed by atoms with Crippen molar-refractivity contribution in [2.75, 3.05) is 0 Å². The van der Waals surface area contributed by atoms with Gasteiger partial charge < -0.3 is 0 Å². The van der Waals surface area contributed by atoms with Gasteiger partial charge in [0.05, 0.1) is 0 Å². The van der Waals surface area contributed by atoms with Gasteiger partial charge in [0.15, 0.2) is 0 Å². The minimum Gasteiger partial charge on any atom is -0.0622 e. The highest BCUT2D eigenvalue weighted by Crippen LogP contribution is 2.40. The van der Waals surface area contributed by atoms with E-state index in [0.717, 1.165) is 6.42 Å². The molecule has 0 nitrogen and oxygen atoms in total. The van der Waals surface area contributed by atoms with Crippen LogP contribution in [0.25, 0.3) is 11.1 Å². The minimum atomic E-state index is 0.235. The number of hydrogen-bond acceptors (Lipinski definition) is 0. The number of unbranched alkanes of at least 4 members (excludes halogenated alkanes) is 2. The Morgan fingerprint density at radius 2 is 0.902 bits per heavy atom. The number of rotatable bonds is 12. The fourth-order valence-electron chi connectivity index (χ4n) is 7.00. The lowest BCUT2D eigenvalue weighted by molar-refractivity contribution is 0.452. The molecule has 0 bridgehead atoms. The first-order valence-electron chi connectivity index (χ1n) is 16.0. The van der Waals surface area contributed by atoms with E-state index >= 15 is 0 Å². The fourth-order valence-corrected chi connectivity index (χ4v) is 7.00. The minimum absolute atomic E-state index is 0.235. The van der Waals surface area contributed by atoms with Crippen molar-refractivity contribution in [1.82, 2.24) is 0 Å². The second-order valence-corrected chi connectivity index (χ2v) is 14.0. The van der Waals surface area contributed by atoms with Gasteiger partial charge in [-0.2, -0.15) is 0 Å². The van der Waals surface area contributed by atoms with E-state index in [9.17, 15) is 0 Å². The maximum Gasteiger partial charge on any atom is -0.00132 e. The molecule has 0 heteroatoms. The summed E-state index contributed by atoms with van der Waals surface area (Å²) >= 11 is 0. The second-order valence-electron chi connectivity index (χ2n) is 14.0. The molecule has 0 amide bonds. The van der Waals surface area contributed by atoms with Gasteiger partial charge in [-0.05, 0) is 125 Å². The third-order valence-electron chi connectivity index (χ3n) is 9.90. The zero-order chi connectivity index (χ0) is 29.0. The van der Waals surface area contributed by atoms with Crippen LogP contribution < -0.4 is 0 Å². The zero-order valence-corrected chi connectivity index (χ0v) is 26.4. The van der Waals surface area contributed by atoms with E-state index < -0.39 is 0 Å². The maximum atomic E-state index is 2.54. The Kier molecular flexibility index (Phi) is 8.88. The second kappa shape index (κ2) is 12.4. The third-order valence-corrected chi connectivity index (χ3v) is 9.90. The smallest absolute Gasteiger partial charge is 0.00132 e. The number of hydrogen-bond donors (Lipinski definition) is 0. The molecule has 0 N–H and O–H groups in total. The van der Waals surface area contributed by atoms with E-state index in [1.165, 1.54) is 95.9 Å². The Balaban J connectivity index is 1.21. The van der Waals surface area contributed by atoms with Crippen LogP contribution in [0, 0.1) is 13.8 Å². The molecule has 0 atom stereocenters. The predicted molar refractivity (Wildman–Crippen MR) is 178 cm³/mol. The van der Waals surface area contributed by atoms with Crippen LogP contribution in [0.5, 0.6) is 0 Å². The summed E-state index contributed by atoms with van der Waals surface area (Å²) in [6.07, 6.45) is 10.9. The van der Waals surface area contributed by atoms with Crippen LogP contribution >= 0.6 is 0 Å². The first-order chi connectivity index (χ1) is 19.6. The van der Waals surface area contributed by atoms with Crippen molar-refractivity contribution >= 4 is 0 Å². The highest BCUT2D eigenvalue weighted by atomic mass is 14.3. The van der Waals surface area contributed by atoms with E-state index in [1.807, 2.05) is 0 Å². The Hall–Kier alpha value is -3.12. The maximum absolute atomic E-state index is 2.54. The molecule has 0 heterocycles. The van der Waals surface area contributed by atoms with Crippen molar-refractivity contribution in [3.63, 3.8) is 0 Å². The monoisotopic (exact) mass is 542 g/mol. The molecule has 0 saturated heterocycles. The molecule has 0 aliphatic heterocycles. The summed E-state index contributed by atoms with van der Waals surface area (Å²) in [5.41, 5.74) is 15.4. The van der Waals surface area contributed by atoms with Crippen LogP contribution in [0.4, 0.5) is 0 Å². The van der Waals surface area contributed by atoms with Gasteiger partial charge in [0.25, 0.3) is 0 Å². The molecule has 214 valence electrons. The molecule has 1 aliphatic rings. The Morgan fingerprint density at radius 1 is 0.512 bits per heavy atom. The quantitative estimate of drug-likeness (QED) is 0.138. The van der Waals surface area contributed by atoms with Crippen LogP contribution in [-0.2, 0) is 30.1 Å². The molecular weight excluding hydrogens is 492 g/mol. The Bertz CT molecular complexity index is 1340. The van der Waals surface area contributed by atoms with E-state index in [-0.39, 0.29) is 10.8 Å². The average Bonchev–Trinajstić information content (AvgIpc) is 3.29. The fraction of sp³-hybridized carbons (Fsp3) is 0.415. The van der Waals surface area contributed by atoms with E-state index in [4.69, 9.17) is 0 Å². The van der Waals surface area contributed by atoms with Crippen LogP contribution in [-0.4, -0.2) is 0 Å². The summed E-state index contributed by atoms with van der Waals surface area (Å²) in [6.45, 7) is 14.2. The van der Waals surface area contributed by atoms with Crippen molar-refractivity contribution in [3.8, 4) is 11.1 Å². The number of benzene rings is 4. The standard InChI is InChI=1S/C41H50/c1-30-25-34-27-35-26-31(2)33(18-14-16-24-41(5,6)37-21-11-8-12-22-37)29-39(35)38(34)28-32(30)17-13-15-23-40(3,4)36-19-9-7-10-20-36/h7-12,19-22,25-26,28-29H,13-18,23-24,27H2,1-6H3. The van der Waals surface area contributed by atoms with Crippen molar-refractivity contribution in [1.29, 1.82) is 0 Å². The SMILES string of the molecule is Cc1cc2c(cc1CCCCC(C)(C)c1ccccc1)-c1cc(CCCCC(C)(C)c3ccccc3)c(C)cc1C2. The molecule has 41 heavy (non-hydrogen) atoms. The van der Waals surface area contributed by atoms with Gasteiger partial charge in [-0.25, -0.2) is 0 Å². The van der Waals surface area contributed by atoms with E-state index in [2.05, 4.69) is 126 Å². The molecule has 1 aliphatic carbocycles. The van der Waals surface area contributed by atoms with Gasteiger partial charge in [-0.15, -0.1) is 0 Å². The van der Waals surface area contributed by atoms with Gasteiger partial charge in [-0.1, -0.05) is 125 Å². The van der Waals surface area contributed by atoms with Gasteiger partial charge in [0.2, 0.25) is 0 Å². The lowest BCUT2D eigenvalue weighted by atomic mass is 9.80. The molecule has 5 rings (SSSR count). The predicted octanol–water partition coefficient (Wildman–Crippen LogP) is 11.3. The van der Waals surface area contributed by atoms with E-state index in [1.54, 1.807) is 11.1 Å². The molecule has 0 aromatic heterocycles. The third kappa shape index (κ3) is 6.86. The van der Waals surface area contributed by atoms with Crippen LogP contribution in [0.3, 0.4) is 0 Å². The number of aryl methyl sites for hydroxylation is 4. The normalized spacial score (nSPS) is 12.8. The van der Waals surface area contributed by atoms with Crippen LogP contribution in [0.15, 0.2) is 84.9 Å². The molecule has 0 spiro atoms. The molecule has 4 aromatic carbocycles. The lowest BCUT2D eigenvalue weighted by Gasteiger charge is -2.25. The largest absolute Gasteiger partial charge is 0.0622 e. The van der Waals surface area contributed by atoms with Crippen molar-refractivity contribution in [2.24, 2.45) is 0 Å². The molecule has 0 radical (unpaired) electrons. The summed E-state index contributed by atoms with van der Waals surface area (Å²) in [4.78, 5) is 0. The molecule has 0 saturated carbocycles. The first-order valence-corrected chi connectivity index (χ1v) is 16.0. The Morgan fingerprint density at radius 3 is 1.29 bits per heavy atom. The highest BCUT2D eigenvalue weighted by molar-refractivity contribution is 5.79. The average molecular weight is 543 g/mol. The summed E-state index contributed by atoms with van der Waals surface area (Å²) in [6, 6.07) is 32.1. The van der Waals surface area contributed by atoms with Gasteiger partial charge in [0, 0.05) is 0 Å². The molecule has 4 aromatic rings. The van der Waals surface area contributed by atoms with Crippen molar-refractivity contribution in [3.05, 3.63) is 129 Å². The summed E-state index contributed by atoms with van der Waals surface area (Å²) < 4.78 is 0. The van der Waals surface area contributed by atoms with Gasteiger partial charge in [0.1, 0.15) is 0 Å². The van der Waals surface area contributed by atoms with Gasteiger partial charge >= 0.3 is 0 Å². The summed E-state index contributed by atoms with van der Waals surface area (Å²) in [5, 5.41) is 0. The van der Waals surface area contributed by atoms with Gasteiger partial charge in [-0.3, -0.25) is 0 Å². The van der Waals surface area contributed by atoms with Crippen LogP contribution in [0.2, 0.25) is 0 Å². The van der Waals surface area contributed by atoms with Crippen LogP contribution in [0.1, 0.15) is 111 Å². The topological polar surface area (TPSA) is 0 Å². The van der Waals surface area contributed by atoms with Crippen molar-refractivity contribution < 1.29 is 0 Å². The first kappa shape index (κ1) is 29.4. The highest BCUT2D eigenvalue weighted by Gasteiger charge is 2.23. The van der Waals surface area contributed by atoms with Crippen molar-refractivity contribution in [2.45, 2.75) is 110 Å². The summed E-state index contributed by atoms with van der Waals surface area (Å²) in [5.74, 6) is 0. The number of fused-ring (bicyclic) bond motifs is 3. The molecule has 0 fully saturated rings. The zero-order valence-electron chi connectivity index (χ0n) is 26.4. The molecular formula is C41H50.